The van der Waals surface area contributed by atoms with E-state index in [4.69, 9.17) is 10.5 Å². The molecule has 2 heterocycles. The monoisotopic (exact) mass is 259 g/mol. The Labute approximate surface area is 109 Å². The fourth-order valence-electron chi connectivity index (χ4n) is 2.27. The van der Waals surface area contributed by atoms with Crippen molar-refractivity contribution in [2.45, 2.75) is 20.5 Å². The summed E-state index contributed by atoms with van der Waals surface area (Å²) in [5.74, 6) is 0.557. The first-order chi connectivity index (χ1) is 8.58. The molecule has 1 aliphatic rings. The predicted molar refractivity (Wildman–Crippen MR) is 72.1 cm³/mol. The number of benzene rings is 1. The van der Waals surface area contributed by atoms with Gasteiger partial charge in [-0.2, -0.15) is 0 Å². The number of carbonyl (C=O) groups excluding carboxylic acids is 1. The van der Waals surface area contributed by atoms with Crippen molar-refractivity contribution < 1.29 is 9.53 Å². The van der Waals surface area contributed by atoms with Crippen LogP contribution in [0, 0.1) is 13.8 Å². The average Bonchev–Trinajstić information content (AvgIpc) is 2.77. The highest BCUT2D eigenvalue weighted by atomic mass is 32.1. The Bertz CT molecular complexity index is 658. The van der Waals surface area contributed by atoms with Gasteiger partial charge >= 0.3 is 0 Å². The van der Waals surface area contributed by atoms with Gasteiger partial charge in [0.2, 0.25) is 0 Å². The maximum absolute atomic E-state index is 11.3. The van der Waals surface area contributed by atoms with Gasteiger partial charge in [0.25, 0.3) is 5.91 Å². The SMILES string of the molecule is Cc1ccc(C)c2c1OCc1cc(C(N)=O)sc1-2. The molecular weight excluding hydrogens is 246 g/mol. The van der Waals surface area contributed by atoms with Crippen LogP contribution in [0.4, 0.5) is 0 Å². The van der Waals surface area contributed by atoms with Gasteiger partial charge in [-0.1, -0.05) is 12.1 Å². The van der Waals surface area contributed by atoms with Gasteiger partial charge in [0.15, 0.2) is 0 Å². The average molecular weight is 259 g/mol. The number of ether oxygens (including phenoxy) is 1. The number of primary amides is 1. The molecule has 1 aromatic heterocycles. The van der Waals surface area contributed by atoms with Crippen LogP contribution in [0.5, 0.6) is 5.75 Å². The van der Waals surface area contributed by atoms with Crippen molar-refractivity contribution in [3.63, 3.8) is 0 Å². The Morgan fingerprint density at radius 1 is 1.33 bits per heavy atom. The zero-order valence-electron chi connectivity index (χ0n) is 10.2. The molecule has 2 N–H and O–H groups in total. The fourth-order valence-corrected chi connectivity index (χ4v) is 3.40. The van der Waals surface area contributed by atoms with Crippen LogP contribution in [0.2, 0.25) is 0 Å². The minimum Gasteiger partial charge on any atom is -0.488 e. The molecule has 3 nitrogen and oxygen atoms in total. The van der Waals surface area contributed by atoms with Crippen molar-refractivity contribution in [3.05, 3.63) is 39.8 Å². The highest BCUT2D eigenvalue weighted by molar-refractivity contribution is 7.17. The van der Waals surface area contributed by atoms with Crippen LogP contribution in [0.25, 0.3) is 10.4 Å². The van der Waals surface area contributed by atoms with E-state index < -0.39 is 0 Å². The number of amides is 1. The van der Waals surface area contributed by atoms with Gasteiger partial charge in [0, 0.05) is 16.0 Å². The molecule has 4 heteroatoms. The van der Waals surface area contributed by atoms with Crippen LogP contribution in [0.3, 0.4) is 0 Å². The van der Waals surface area contributed by atoms with Crippen LogP contribution in [-0.2, 0) is 6.61 Å². The Kier molecular flexibility index (Phi) is 2.41. The lowest BCUT2D eigenvalue weighted by Gasteiger charge is -2.21. The molecule has 0 fully saturated rings. The normalized spacial score (nSPS) is 12.6. The quantitative estimate of drug-likeness (QED) is 0.855. The predicted octanol–water partition coefficient (Wildman–Crippen LogP) is 3.02. The van der Waals surface area contributed by atoms with E-state index in [1.54, 1.807) is 0 Å². The molecule has 1 amide bonds. The van der Waals surface area contributed by atoms with Crippen LogP contribution in [0.1, 0.15) is 26.4 Å². The number of aryl methyl sites for hydroxylation is 2. The van der Waals surface area contributed by atoms with Crippen LogP contribution < -0.4 is 10.5 Å². The van der Waals surface area contributed by atoms with Gasteiger partial charge in [-0.15, -0.1) is 11.3 Å². The Hall–Kier alpha value is -1.81. The first-order valence-corrected chi connectivity index (χ1v) is 6.55. The lowest BCUT2D eigenvalue weighted by atomic mass is 9.98. The summed E-state index contributed by atoms with van der Waals surface area (Å²) >= 11 is 1.45. The van der Waals surface area contributed by atoms with E-state index >= 15 is 0 Å². The molecule has 0 unspecified atom stereocenters. The summed E-state index contributed by atoms with van der Waals surface area (Å²) in [5, 5.41) is 0. The van der Waals surface area contributed by atoms with Gasteiger partial charge in [-0.25, -0.2) is 0 Å². The molecule has 2 aromatic rings. The molecule has 0 atom stereocenters. The standard InChI is InChI=1S/C14H13NO2S/c1-7-3-4-8(2)12-11(7)13-9(6-17-12)5-10(18-13)14(15)16/h3-5H,6H2,1-2H3,(H2,15,16). The van der Waals surface area contributed by atoms with Crippen molar-refractivity contribution in [1.82, 2.24) is 0 Å². The van der Waals surface area contributed by atoms with Gasteiger partial charge in [-0.3, -0.25) is 4.79 Å². The summed E-state index contributed by atoms with van der Waals surface area (Å²) in [6.07, 6.45) is 0. The second kappa shape index (κ2) is 3.85. The van der Waals surface area contributed by atoms with E-state index in [0.717, 1.165) is 32.9 Å². The molecule has 92 valence electrons. The molecule has 18 heavy (non-hydrogen) atoms. The number of hydrogen-bond acceptors (Lipinski definition) is 3. The molecule has 0 bridgehead atoms. The molecule has 0 aliphatic carbocycles. The minimum atomic E-state index is -0.374. The summed E-state index contributed by atoms with van der Waals surface area (Å²) in [6.45, 7) is 4.60. The second-order valence-corrected chi connectivity index (χ2v) is 5.57. The topological polar surface area (TPSA) is 52.3 Å². The largest absolute Gasteiger partial charge is 0.488 e. The number of hydrogen-bond donors (Lipinski definition) is 1. The maximum atomic E-state index is 11.3. The highest BCUT2D eigenvalue weighted by Gasteiger charge is 2.24. The number of fused-ring (bicyclic) bond motifs is 3. The molecule has 3 rings (SSSR count). The van der Waals surface area contributed by atoms with Crippen LogP contribution in [0.15, 0.2) is 18.2 Å². The summed E-state index contributed by atoms with van der Waals surface area (Å²) in [4.78, 5) is 13.0. The molecule has 0 saturated heterocycles. The molecule has 1 aromatic carbocycles. The number of thiophene rings is 1. The van der Waals surface area contributed by atoms with Crippen molar-refractivity contribution in [2.24, 2.45) is 5.73 Å². The van der Waals surface area contributed by atoms with Gasteiger partial charge in [0.05, 0.1) is 4.88 Å². The Balaban J connectivity index is 2.28. The molecular formula is C14H13NO2S. The van der Waals surface area contributed by atoms with E-state index in [1.165, 1.54) is 11.3 Å². The number of nitrogens with two attached hydrogens (primary N) is 1. The van der Waals surface area contributed by atoms with E-state index in [1.807, 2.05) is 13.0 Å². The highest BCUT2D eigenvalue weighted by Crippen LogP contribution is 2.45. The zero-order valence-corrected chi connectivity index (χ0v) is 11.1. The smallest absolute Gasteiger partial charge is 0.258 e. The summed E-state index contributed by atoms with van der Waals surface area (Å²) in [7, 11) is 0. The van der Waals surface area contributed by atoms with Gasteiger partial charge in [0.1, 0.15) is 12.4 Å². The van der Waals surface area contributed by atoms with Crippen LogP contribution >= 0.6 is 11.3 Å². The molecule has 1 aliphatic heterocycles. The van der Waals surface area contributed by atoms with Crippen molar-refractivity contribution in [2.75, 3.05) is 0 Å². The van der Waals surface area contributed by atoms with E-state index in [0.29, 0.717) is 11.5 Å². The maximum Gasteiger partial charge on any atom is 0.258 e. The van der Waals surface area contributed by atoms with E-state index in [2.05, 4.69) is 19.1 Å². The zero-order chi connectivity index (χ0) is 12.9. The van der Waals surface area contributed by atoms with Crippen molar-refractivity contribution >= 4 is 17.2 Å². The first kappa shape index (κ1) is 11.3. The summed E-state index contributed by atoms with van der Waals surface area (Å²) in [6, 6.07) is 5.98. The number of carbonyl (C=O) groups is 1. The Morgan fingerprint density at radius 3 is 2.78 bits per heavy atom. The fraction of sp³-hybridized carbons (Fsp3) is 0.214. The van der Waals surface area contributed by atoms with Gasteiger partial charge < -0.3 is 10.5 Å². The van der Waals surface area contributed by atoms with E-state index in [9.17, 15) is 4.79 Å². The Morgan fingerprint density at radius 2 is 2.06 bits per heavy atom. The molecule has 0 spiro atoms. The van der Waals surface area contributed by atoms with Crippen LogP contribution in [-0.4, -0.2) is 5.91 Å². The number of rotatable bonds is 1. The third-order valence-corrected chi connectivity index (χ3v) is 4.42. The third-order valence-electron chi connectivity index (χ3n) is 3.21. The van der Waals surface area contributed by atoms with E-state index in [-0.39, 0.29) is 5.91 Å². The first-order valence-electron chi connectivity index (χ1n) is 5.74. The molecule has 0 radical (unpaired) electrons. The van der Waals surface area contributed by atoms with Crippen molar-refractivity contribution in [3.8, 4) is 16.2 Å². The third kappa shape index (κ3) is 1.53. The summed E-state index contributed by atoms with van der Waals surface area (Å²) < 4.78 is 5.81. The summed E-state index contributed by atoms with van der Waals surface area (Å²) in [5.41, 5.74) is 9.78. The lowest BCUT2D eigenvalue weighted by Crippen LogP contribution is -2.08. The van der Waals surface area contributed by atoms with Gasteiger partial charge in [-0.05, 0) is 31.0 Å². The van der Waals surface area contributed by atoms with Crippen molar-refractivity contribution in [1.29, 1.82) is 0 Å². The lowest BCUT2D eigenvalue weighted by molar-refractivity contribution is 0.100. The second-order valence-electron chi connectivity index (χ2n) is 4.52. The molecule has 0 saturated carbocycles. The minimum absolute atomic E-state index is 0.374.